The van der Waals surface area contributed by atoms with E-state index in [2.05, 4.69) is 15.3 Å². The molecule has 0 amide bonds. The Morgan fingerprint density at radius 3 is 2.81 bits per heavy atom. The Kier molecular flexibility index (Phi) is 3.58. The third-order valence-electron chi connectivity index (χ3n) is 2.75. The van der Waals surface area contributed by atoms with Crippen LogP contribution in [0.3, 0.4) is 0 Å². The van der Waals surface area contributed by atoms with Crippen LogP contribution >= 0.6 is 11.6 Å². The largest absolute Gasteiger partial charge is 0.394 e. The molecule has 2 heterocycles. The molecule has 1 aliphatic heterocycles. The van der Waals surface area contributed by atoms with Crippen LogP contribution in [0.25, 0.3) is 0 Å². The highest BCUT2D eigenvalue weighted by molar-refractivity contribution is 6.29. The highest BCUT2D eigenvalue weighted by Gasteiger charge is 2.32. The lowest BCUT2D eigenvalue weighted by Crippen LogP contribution is -2.47. The molecule has 1 aromatic heterocycles. The Morgan fingerprint density at radius 2 is 2.19 bits per heavy atom. The lowest BCUT2D eigenvalue weighted by atomic mass is 9.91. The van der Waals surface area contributed by atoms with E-state index in [4.69, 9.17) is 16.3 Å². The molecule has 88 valence electrons. The summed E-state index contributed by atoms with van der Waals surface area (Å²) in [6, 6.07) is 0. The van der Waals surface area contributed by atoms with Crippen molar-refractivity contribution in [2.45, 2.75) is 18.4 Å². The second kappa shape index (κ2) is 4.95. The topological polar surface area (TPSA) is 67.3 Å². The molecule has 1 aromatic rings. The third-order valence-corrected chi connectivity index (χ3v) is 2.93. The molecule has 0 unspecified atom stereocenters. The van der Waals surface area contributed by atoms with Gasteiger partial charge in [0.1, 0.15) is 11.0 Å². The van der Waals surface area contributed by atoms with Gasteiger partial charge in [0.25, 0.3) is 0 Å². The summed E-state index contributed by atoms with van der Waals surface area (Å²) in [5.41, 5.74) is -0.363. The van der Waals surface area contributed by atoms with Crippen LogP contribution in [0, 0.1) is 0 Å². The number of rotatable bonds is 3. The third kappa shape index (κ3) is 2.61. The Bertz CT molecular complexity index is 356. The first-order valence-corrected chi connectivity index (χ1v) is 5.56. The molecule has 0 aliphatic carbocycles. The molecule has 5 nitrogen and oxygen atoms in total. The zero-order chi connectivity index (χ0) is 11.4. The number of aromatic nitrogens is 2. The number of aliphatic hydroxyl groups is 1. The number of halogens is 1. The van der Waals surface area contributed by atoms with Crippen molar-refractivity contribution in [1.29, 1.82) is 0 Å². The minimum absolute atomic E-state index is 0.0462. The normalized spacial score (nSPS) is 19.4. The van der Waals surface area contributed by atoms with Crippen molar-refractivity contribution in [3.63, 3.8) is 0 Å². The maximum absolute atomic E-state index is 9.47. The Morgan fingerprint density at radius 1 is 1.44 bits per heavy atom. The van der Waals surface area contributed by atoms with Crippen LogP contribution in [0.15, 0.2) is 12.4 Å². The lowest BCUT2D eigenvalue weighted by molar-refractivity contribution is 0.0378. The Balaban J connectivity index is 2.11. The SMILES string of the molecule is OCC1(Nc2cncc(Cl)n2)CCOCC1. The van der Waals surface area contributed by atoms with Crippen LogP contribution in [0.2, 0.25) is 5.15 Å². The minimum atomic E-state index is -0.363. The van der Waals surface area contributed by atoms with E-state index < -0.39 is 0 Å². The fraction of sp³-hybridized carbons (Fsp3) is 0.600. The van der Waals surface area contributed by atoms with E-state index in [1.807, 2.05) is 0 Å². The number of aliphatic hydroxyl groups excluding tert-OH is 1. The van der Waals surface area contributed by atoms with E-state index in [-0.39, 0.29) is 12.1 Å². The van der Waals surface area contributed by atoms with E-state index in [0.29, 0.717) is 24.2 Å². The molecule has 0 aromatic carbocycles. The van der Waals surface area contributed by atoms with Crippen molar-refractivity contribution in [3.05, 3.63) is 17.5 Å². The van der Waals surface area contributed by atoms with Gasteiger partial charge in [-0.1, -0.05) is 11.6 Å². The zero-order valence-corrected chi connectivity index (χ0v) is 9.57. The monoisotopic (exact) mass is 243 g/mol. The smallest absolute Gasteiger partial charge is 0.149 e. The van der Waals surface area contributed by atoms with Gasteiger partial charge < -0.3 is 15.2 Å². The maximum Gasteiger partial charge on any atom is 0.149 e. The molecule has 1 aliphatic rings. The van der Waals surface area contributed by atoms with Gasteiger partial charge in [0, 0.05) is 13.2 Å². The molecule has 1 fully saturated rings. The van der Waals surface area contributed by atoms with E-state index in [1.165, 1.54) is 6.20 Å². The van der Waals surface area contributed by atoms with Crippen LogP contribution in [0.1, 0.15) is 12.8 Å². The molecule has 16 heavy (non-hydrogen) atoms. The van der Waals surface area contributed by atoms with E-state index >= 15 is 0 Å². The number of nitrogens with zero attached hydrogens (tertiary/aromatic N) is 2. The molecule has 1 saturated heterocycles. The minimum Gasteiger partial charge on any atom is -0.394 e. The molecule has 0 bridgehead atoms. The number of hydrogen-bond donors (Lipinski definition) is 2. The first-order chi connectivity index (χ1) is 7.74. The van der Waals surface area contributed by atoms with E-state index in [9.17, 15) is 5.11 Å². The van der Waals surface area contributed by atoms with E-state index in [0.717, 1.165) is 12.8 Å². The molecule has 2 rings (SSSR count). The highest BCUT2D eigenvalue weighted by atomic mass is 35.5. The van der Waals surface area contributed by atoms with Gasteiger partial charge >= 0.3 is 0 Å². The molecule has 0 saturated carbocycles. The summed E-state index contributed by atoms with van der Waals surface area (Å²) in [5, 5.41) is 13.0. The summed E-state index contributed by atoms with van der Waals surface area (Å²) < 4.78 is 5.27. The van der Waals surface area contributed by atoms with Gasteiger partial charge in [0.15, 0.2) is 0 Å². The summed E-state index contributed by atoms with van der Waals surface area (Å²) in [5.74, 6) is 0.587. The van der Waals surface area contributed by atoms with Crippen molar-refractivity contribution in [3.8, 4) is 0 Å². The molecule has 0 spiro atoms. The number of anilines is 1. The average molecular weight is 244 g/mol. The van der Waals surface area contributed by atoms with Crippen molar-refractivity contribution < 1.29 is 9.84 Å². The average Bonchev–Trinajstić information content (AvgIpc) is 2.30. The summed E-state index contributed by atoms with van der Waals surface area (Å²) in [6.07, 6.45) is 4.57. The summed E-state index contributed by atoms with van der Waals surface area (Å²) in [7, 11) is 0. The fourth-order valence-electron chi connectivity index (χ4n) is 1.76. The van der Waals surface area contributed by atoms with Crippen LogP contribution in [-0.4, -0.2) is 40.4 Å². The number of ether oxygens (including phenoxy) is 1. The number of nitrogens with one attached hydrogen (secondary N) is 1. The maximum atomic E-state index is 9.47. The number of hydrogen-bond acceptors (Lipinski definition) is 5. The van der Waals surface area contributed by atoms with Gasteiger partial charge in [-0.3, -0.25) is 4.98 Å². The van der Waals surface area contributed by atoms with Crippen molar-refractivity contribution >= 4 is 17.4 Å². The molecule has 6 heteroatoms. The van der Waals surface area contributed by atoms with E-state index in [1.54, 1.807) is 6.20 Å². The summed E-state index contributed by atoms with van der Waals surface area (Å²) in [4.78, 5) is 8.05. The Hall–Kier alpha value is -0.910. The molecule has 0 radical (unpaired) electrons. The standard InChI is InChI=1S/C10H14ClN3O2/c11-8-5-12-6-9(13-8)14-10(7-15)1-3-16-4-2-10/h5-6,15H,1-4,7H2,(H,13,14). The van der Waals surface area contributed by atoms with Crippen LogP contribution < -0.4 is 5.32 Å². The zero-order valence-electron chi connectivity index (χ0n) is 8.82. The first-order valence-electron chi connectivity index (χ1n) is 5.18. The highest BCUT2D eigenvalue weighted by Crippen LogP contribution is 2.24. The van der Waals surface area contributed by atoms with Crippen molar-refractivity contribution in [2.24, 2.45) is 0 Å². The van der Waals surface area contributed by atoms with Crippen LogP contribution in [0.4, 0.5) is 5.82 Å². The summed E-state index contributed by atoms with van der Waals surface area (Å²) >= 11 is 5.75. The van der Waals surface area contributed by atoms with Crippen LogP contribution in [0.5, 0.6) is 0 Å². The fourth-order valence-corrected chi connectivity index (χ4v) is 1.91. The van der Waals surface area contributed by atoms with Gasteiger partial charge in [-0.25, -0.2) is 4.98 Å². The van der Waals surface area contributed by atoms with Gasteiger partial charge in [-0.05, 0) is 12.8 Å². The van der Waals surface area contributed by atoms with Gasteiger partial charge in [-0.2, -0.15) is 0 Å². The predicted octanol–water partition coefficient (Wildman–Crippen LogP) is 1.08. The van der Waals surface area contributed by atoms with Gasteiger partial charge in [0.2, 0.25) is 0 Å². The molecule has 0 atom stereocenters. The molecular formula is C10H14ClN3O2. The first kappa shape index (κ1) is 11.6. The van der Waals surface area contributed by atoms with Crippen LogP contribution in [-0.2, 0) is 4.74 Å². The second-order valence-corrected chi connectivity index (χ2v) is 4.29. The second-order valence-electron chi connectivity index (χ2n) is 3.90. The van der Waals surface area contributed by atoms with Crippen molar-refractivity contribution in [2.75, 3.05) is 25.1 Å². The quantitative estimate of drug-likeness (QED) is 0.832. The molecule has 2 N–H and O–H groups in total. The van der Waals surface area contributed by atoms with Gasteiger partial charge in [0.05, 0.1) is 24.5 Å². The predicted molar refractivity (Wildman–Crippen MR) is 60.5 cm³/mol. The molecular weight excluding hydrogens is 230 g/mol. The lowest BCUT2D eigenvalue weighted by Gasteiger charge is -2.36. The summed E-state index contributed by atoms with van der Waals surface area (Å²) in [6.45, 7) is 1.33. The Labute approximate surface area is 98.8 Å². The van der Waals surface area contributed by atoms with Gasteiger partial charge in [-0.15, -0.1) is 0 Å². The van der Waals surface area contributed by atoms with Crippen molar-refractivity contribution in [1.82, 2.24) is 9.97 Å².